The van der Waals surface area contributed by atoms with Crippen molar-refractivity contribution in [1.29, 1.82) is 0 Å². The molecule has 2 rings (SSSR count). The number of hydrogen-bond acceptors (Lipinski definition) is 5. The van der Waals surface area contributed by atoms with Crippen molar-refractivity contribution in [3.8, 4) is 11.6 Å². The molecule has 0 bridgehead atoms. The number of hydrogen-bond donors (Lipinski definition) is 1. The molecule has 0 radical (unpaired) electrons. The van der Waals surface area contributed by atoms with E-state index in [-0.39, 0.29) is 0 Å². The first kappa shape index (κ1) is 12.4. The molecule has 0 amide bonds. The van der Waals surface area contributed by atoms with Crippen molar-refractivity contribution in [2.24, 2.45) is 0 Å². The Bertz CT molecular complexity index is 481. The van der Waals surface area contributed by atoms with Crippen molar-refractivity contribution in [3.05, 3.63) is 42.1 Å². The second-order valence-corrected chi connectivity index (χ2v) is 3.86. The molecular formula is C13H16N4O. The van der Waals surface area contributed by atoms with Crippen LogP contribution in [0, 0.1) is 6.92 Å². The van der Waals surface area contributed by atoms with Crippen molar-refractivity contribution in [2.45, 2.75) is 20.4 Å². The fourth-order valence-corrected chi connectivity index (χ4v) is 1.38. The van der Waals surface area contributed by atoms with Gasteiger partial charge in [-0.1, -0.05) is 6.92 Å². The Balaban J connectivity index is 1.99. The standard InChI is InChI=1S/C13H16N4O/c1-3-14-6-11-7-17-13(9-16-11)18-12-5-4-10(2)15-8-12/h4-5,7-9,14H,3,6H2,1-2H3. The number of nitrogens with zero attached hydrogens (tertiary/aromatic N) is 3. The van der Waals surface area contributed by atoms with Gasteiger partial charge in [0.15, 0.2) is 0 Å². The largest absolute Gasteiger partial charge is 0.436 e. The minimum absolute atomic E-state index is 0.473. The van der Waals surface area contributed by atoms with Crippen LogP contribution in [0.25, 0.3) is 0 Å². The van der Waals surface area contributed by atoms with Gasteiger partial charge in [-0.25, -0.2) is 4.98 Å². The highest BCUT2D eigenvalue weighted by atomic mass is 16.5. The zero-order chi connectivity index (χ0) is 12.8. The summed E-state index contributed by atoms with van der Waals surface area (Å²) in [5.74, 6) is 1.13. The maximum absolute atomic E-state index is 5.54. The van der Waals surface area contributed by atoms with E-state index >= 15 is 0 Å². The summed E-state index contributed by atoms with van der Waals surface area (Å²) in [7, 11) is 0. The van der Waals surface area contributed by atoms with Crippen molar-refractivity contribution < 1.29 is 4.74 Å². The van der Waals surface area contributed by atoms with E-state index in [1.165, 1.54) is 0 Å². The fraction of sp³-hybridized carbons (Fsp3) is 0.308. The second-order valence-electron chi connectivity index (χ2n) is 3.86. The van der Waals surface area contributed by atoms with Gasteiger partial charge in [-0.2, -0.15) is 0 Å². The second kappa shape index (κ2) is 6.07. The molecule has 1 N–H and O–H groups in total. The highest BCUT2D eigenvalue weighted by Crippen LogP contribution is 2.17. The van der Waals surface area contributed by atoms with Crippen LogP contribution < -0.4 is 10.1 Å². The summed E-state index contributed by atoms with van der Waals surface area (Å²) in [6.07, 6.45) is 5.00. The Kier molecular flexibility index (Phi) is 4.20. The third kappa shape index (κ3) is 3.49. The van der Waals surface area contributed by atoms with Gasteiger partial charge in [0.1, 0.15) is 5.75 Å². The summed E-state index contributed by atoms with van der Waals surface area (Å²) in [5.41, 5.74) is 1.85. The minimum atomic E-state index is 0.473. The molecule has 0 fully saturated rings. The van der Waals surface area contributed by atoms with Crippen LogP contribution in [0.5, 0.6) is 11.6 Å². The van der Waals surface area contributed by atoms with Crippen LogP contribution in [0.15, 0.2) is 30.7 Å². The molecule has 0 unspecified atom stereocenters. The third-order valence-electron chi connectivity index (χ3n) is 2.34. The van der Waals surface area contributed by atoms with E-state index in [2.05, 4.69) is 27.2 Å². The lowest BCUT2D eigenvalue weighted by Gasteiger charge is -2.05. The van der Waals surface area contributed by atoms with Gasteiger partial charge in [0, 0.05) is 12.2 Å². The van der Waals surface area contributed by atoms with Gasteiger partial charge < -0.3 is 10.1 Å². The van der Waals surface area contributed by atoms with E-state index in [1.54, 1.807) is 18.6 Å². The van der Waals surface area contributed by atoms with E-state index in [0.717, 1.165) is 24.5 Å². The molecule has 0 spiro atoms. The van der Waals surface area contributed by atoms with E-state index in [1.807, 2.05) is 19.1 Å². The Morgan fingerprint density at radius 2 is 2.00 bits per heavy atom. The highest BCUT2D eigenvalue weighted by Gasteiger charge is 2.00. The van der Waals surface area contributed by atoms with Crippen molar-refractivity contribution >= 4 is 0 Å². The first-order valence-electron chi connectivity index (χ1n) is 5.90. The lowest BCUT2D eigenvalue weighted by molar-refractivity contribution is 0.456. The van der Waals surface area contributed by atoms with E-state index in [4.69, 9.17) is 4.74 Å². The SMILES string of the molecule is CCNCc1cnc(Oc2ccc(C)nc2)cn1. The summed E-state index contributed by atoms with van der Waals surface area (Å²) in [6.45, 7) is 5.61. The molecule has 0 saturated heterocycles. The highest BCUT2D eigenvalue weighted by molar-refractivity contribution is 5.24. The van der Waals surface area contributed by atoms with E-state index < -0.39 is 0 Å². The number of ether oxygens (including phenoxy) is 1. The minimum Gasteiger partial charge on any atom is -0.436 e. The van der Waals surface area contributed by atoms with Gasteiger partial charge in [0.2, 0.25) is 5.88 Å². The summed E-state index contributed by atoms with van der Waals surface area (Å²) < 4.78 is 5.54. The van der Waals surface area contributed by atoms with Gasteiger partial charge in [-0.3, -0.25) is 9.97 Å². The normalized spacial score (nSPS) is 10.3. The predicted octanol–water partition coefficient (Wildman–Crippen LogP) is 2.08. The van der Waals surface area contributed by atoms with Crippen LogP contribution >= 0.6 is 0 Å². The monoisotopic (exact) mass is 244 g/mol. The van der Waals surface area contributed by atoms with Crippen LogP contribution in [-0.4, -0.2) is 21.5 Å². The fourth-order valence-electron chi connectivity index (χ4n) is 1.38. The summed E-state index contributed by atoms with van der Waals surface area (Å²) in [6, 6.07) is 3.75. The molecule has 18 heavy (non-hydrogen) atoms. The lowest BCUT2D eigenvalue weighted by atomic mass is 10.4. The summed E-state index contributed by atoms with van der Waals surface area (Å²) >= 11 is 0. The first-order chi connectivity index (χ1) is 8.78. The van der Waals surface area contributed by atoms with Crippen LogP contribution in [-0.2, 0) is 6.54 Å². The molecule has 5 heteroatoms. The Morgan fingerprint density at radius 1 is 1.11 bits per heavy atom. The van der Waals surface area contributed by atoms with Crippen molar-refractivity contribution in [2.75, 3.05) is 6.54 Å². The molecule has 2 aromatic rings. The van der Waals surface area contributed by atoms with Gasteiger partial charge in [-0.05, 0) is 25.6 Å². The predicted molar refractivity (Wildman–Crippen MR) is 68.5 cm³/mol. The maximum atomic E-state index is 5.54. The molecule has 5 nitrogen and oxygen atoms in total. The van der Waals surface area contributed by atoms with Crippen molar-refractivity contribution in [3.63, 3.8) is 0 Å². The number of pyridine rings is 1. The quantitative estimate of drug-likeness (QED) is 0.872. The zero-order valence-corrected chi connectivity index (χ0v) is 10.6. The van der Waals surface area contributed by atoms with Crippen LogP contribution in [0.2, 0.25) is 0 Å². The molecule has 0 aliphatic carbocycles. The molecule has 0 aliphatic rings. The first-order valence-corrected chi connectivity index (χ1v) is 5.90. The molecule has 0 aliphatic heterocycles. The smallest absolute Gasteiger partial charge is 0.237 e. The molecule has 0 aromatic carbocycles. The van der Waals surface area contributed by atoms with Gasteiger partial charge in [0.05, 0.1) is 24.3 Å². The van der Waals surface area contributed by atoms with Gasteiger partial charge in [-0.15, -0.1) is 0 Å². The van der Waals surface area contributed by atoms with Crippen LogP contribution in [0.4, 0.5) is 0 Å². The number of rotatable bonds is 5. The summed E-state index contributed by atoms with van der Waals surface area (Å²) in [4.78, 5) is 12.6. The summed E-state index contributed by atoms with van der Waals surface area (Å²) in [5, 5.41) is 3.19. The number of nitrogens with one attached hydrogen (secondary N) is 1. The zero-order valence-electron chi connectivity index (χ0n) is 10.6. The number of aromatic nitrogens is 3. The average molecular weight is 244 g/mol. The molecule has 2 aromatic heterocycles. The third-order valence-corrected chi connectivity index (χ3v) is 2.34. The topological polar surface area (TPSA) is 59.9 Å². The number of aryl methyl sites for hydroxylation is 1. The molecule has 94 valence electrons. The van der Waals surface area contributed by atoms with E-state index in [9.17, 15) is 0 Å². The van der Waals surface area contributed by atoms with E-state index in [0.29, 0.717) is 11.6 Å². The van der Waals surface area contributed by atoms with Crippen LogP contribution in [0.1, 0.15) is 18.3 Å². The maximum Gasteiger partial charge on any atom is 0.237 e. The van der Waals surface area contributed by atoms with Crippen LogP contribution in [0.3, 0.4) is 0 Å². The Morgan fingerprint density at radius 3 is 2.61 bits per heavy atom. The average Bonchev–Trinajstić information content (AvgIpc) is 2.41. The molecular weight excluding hydrogens is 228 g/mol. The van der Waals surface area contributed by atoms with Gasteiger partial charge >= 0.3 is 0 Å². The molecule has 2 heterocycles. The Labute approximate surface area is 106 Å². The lowest BCUT2D eigenvalue weighted by Crippen LogP contribution is -2.13. The molecule has 0 atom stereocenters. The molecule has 0 saturated carbocycles. The Hall–Kier alpha value is -2.01. The van der Waals surface area contributed by atoms with Gasteiger partial charge in [0.25, 0.3) is 0 Å². The van der Waals surface area contributed by atoms with Crippen molar-refractivity contribution in [1.82, 2.24) is 20.3 Å².